The molecule has 1 heterocycles. The summed E-state index contributed by atoms with van der Waals surface area (Å²) in [5, 5.41) is 8.47. The molecule has 22 heavy (non-hydrogen) atoms. The molecule has 0 aromatic heterocycles. The predicted molar refractivity (Wildman–Crippen MR) is 72.4 cm³/mol. The number of aliphatic carboxylic acids is 1. The van der Waals surface area contributed by atoms with Crippen LogP contribution in [0.5, 0.6) is 0 Å². The molecule has 1 N–H and O–H groups in total. The molecule has 1 aliphatic heterocycles. The molecule has 1 fully saturated rings. The maximum Gasteiger partial charge on any atom is 0.306 e. The van der Waals surface area contributed by atoms with Gasteiger partial charge in [0.15, 0.2) is 0 Å². The second-order valence-electron chi connectivity index (χ2n) is 5.91. The van der Waals surface area contributed by atoms with E-state index in [1.165, 1.54) is 0 Å². The van der Waals surface area contributed by atoms with Gasteiger partial charge < -0.3 is 9.84 Å². The molecule has 7 nitrogen and oxygen atoms in total. The van der Waals surface area contributed by atoms with Crippen molar-refractivity contribution in [2.24, 2.45) is 11.8 Å². The molecule has 0 aromatic rings. The Morgan fingerprint density at radius 2 is 1.68 bits per heavy atom. The second kappa shape index (κ2) is 5.55. The van der Waals surface area contributed by atoms with Crippen LogP contribution in [0.4, 0.5) is 0 Å². The van der Waals surface area contributed by atoms with Crippen molar-refractivity contribution in [1.82, 2.24) is 4.90 Å². The van der Waals surface area contributed by atoms with E-state index in [0.29, 0.717) is 11.1 Å². The highest BCUT2D eigenvalue weighted by Gasteiger charge is 2.51. The van der Waals surface area contributed by atoms with Gasteiger partial charge in [0.2, 0.25) is 0 Å². The standard InChI is InChI=1S/C15H17NO6/c17-10(18)3-4-11(19)22-6-5-16-14(20)12-8-1-2-9(7-8)13(12)15(16)21/h8-9H,1-7H2,(H,17,18). The van der Waals surface area contributed by atoms with Gasteiger partial charge in [-0.05, 0) is 31.1 Å². The third-order valence-electron chi connectivity index (χ3n) is 4.61. The van der Waals surface area contributed by atoms with E-state index in [-0.39, 0.29) is 49.6 Å². The summed E-state index contributed by atoms with van der Waals surface area (Å²) < 4.78 is 4.88. The zero-order valence-corrected chi connectivity index (χ0v) is 12.0. The van der Waals surface area contributed by atoms with Crippen molar-refractivity contribution in [3.05, 3.63) is 11.1 Å². The Kier molecular flexibility index (Phi) is 3.72. The summed E-state index contributed by atoms with van der Waals surface area (Å²) in [6.45, 7) is -0.0608. The minimum atomic E-state index is -1.07. The molecule has 0 aromatic carbocycles. The summed E-state index contributed by atoms with van der Waals surface area (Å²) in [7, 11) is 0. The van der Waals surface area contributed by atoms with Crippen LogP contribution in [0, 0.1) is 11.8 Å². The monoisotopic (exact) mass is 307 g/mol. The third kappa shape index (κ3) is 2.40. The SMILES string of the molecule is O=C(O)CCC(=O)OCCN1C(=O)C2=C(C1=O)C1CCC2C1. The zero-order chi connectivity index (χ0) is 15.9. The number of likely N-dealkylation sites (tertiary alicyclic amines) is 1. The fraction of sp³-hybridized carbons (Fsp3) is 0.600. The van der Waals surface area contributed by atoms with Gasteiger partial charge in [-0.2, -0.15) is 0 Å². The van der Waals surface area contributed by atoms with Gasteiger partial charge in [0.1, 0.15) is 6.61 Å². The van der Waals surface area contributed by atoms with E-state index < -0.39 is 11.9 Å². The quantitative estimate of drug-likeness (QED) is 0.566. The van der Waals surface area contributed by atoms with E-state index >= 15 is 0 Å². The number of ether oxygens (including phenoxy) is 1. The van der Waals surface area contributed by atoms with Crippen molar-refractivity contribution >= 4 is 23.8 Å². The number of carboxylic acids is 1. The van der Waals surface area contributed by atoms with Crippen LogP contribution in [0.15, 0.2) is 11.1 Å². The van der Waals surface area contributed by atoms with E-state index in [4.69, 9.17) is 9.84 Å². The van der Waals surface area contributed by atoms with Gasteiger partial charge in [-0.15, -0.1) is 0 Å². The molecular formula is C15H17NO6. The van der Waals surface area contributed by atoms with Gasteiger partial charge >= 0.3 is 11.9 Å². The Morgan fingerprint density at radius 1 is 1.09 bits per heavy atom. The molecule has 0 spiro atoms. The number of carboxylic acid groups (broad SMARTS) is 1. The van der Waals surface area contributed by atoms with Gasteiger partial charge in [0.25, 0.3) is 11.8 Å². The largest absolute Gasteiger partial charge is 0.481 e. The van der Waals surface area contributed by atoms with E-state index in [2.05, 4.69) is 0 Å². The number of fused-ring (bicyclic) bond motifs is 4. The Balaban J connectivity index is 1.51. The lowest BCUT2D eigenvalue weighted by Crippen LogP contribution is -2.36. The average molecular weight is 307 g/mol. The van der Waals surface area contributed by atoms with Crippen molar-refractivity contribution < 1.29 is 29.0 Å². The summed E-state index contributed by atoms with van der Waals surface area (Å²) in [5.41, 5.74) is 1.36. The first-order valence-corrected chi connectivity index (χ1v) is 7.46. The topological polar surface area (TPSA) is 101 Å². The smallest absolute Gasteiger partial charge is 0.306 e. The number of nitrogens with zero attached hydrogens (tertiary/aromatic N) is 1. The molecular weight excluding hydrogens is 290 g/mol. The van der Waals surface area contributed by atoms with E-state index in [0.717, 1.165) is 24.2 Å². The van der Waals surface area contributed by atoms with Crippen molar-refractivity contribution in [2.45, 2.75) is 32.1 Å². The first kappa shape index (κ1) is 14.7. The number of hydrogen-bond acceptors (Lipinski definition) is 5. The minimum Gasteiger partial charge on any atom is -0.481 e. The highest BCUT2D eigenvalue weighted by molar-refractivity contribution is 6.20. The molecule has 2 aliphatic carbocycles. The summed E-state index contributed by atoms with van der Waals surface area (Å²) in [6.07, 6.45) is 2.36. The summed E-state index contributed by atoms with van der Waals surface area (Å²) in [5.74, 6) is -1.75. The lowest BCUT2D eigenvalue weighted by molar-refractivity contribution is -0.149. The molecule has 0 radical (unpaired) electrons. The van der Waals surface area contributed by atoms with Crippen LogP contribution in [-0.2, 0) is 23.9 Å². The van der Waals surface area contributed by atoms with Crippen LogP contribution in [0.2, 0.25) is 0 Å². The maximum atomic E-state index is 12.3. The third-order valence-corrected chi connectivity index (χ3v) is 4.61. The van der Waals surface area contributed by atoms with Gasteiger partial charge in [-0.1, -0.05) is 0 Å². The van der Waals surface area contributed by atoms with Crippen LogP contribution in [-0.4, -0.2) is 46.9 Å². The maximum absolute atomic E-state index is 12.3. The van der Waals surface area contributed by atoms with Crippen molar-refractivity contribution in [1.29, 1.82) is 0 Å². The number of amides is 2. The number of imide groups is 1. The van der Waals surface area contributed by atoms with Gasteiger partial charge in [0, 0.05) is 11.1 Å². The average Bonchev–Trinajstić information content (AvgIpc) is 3.14. The molecule has 2 amide bonds. The van der Waals surface area contributed by atoms with Crippen LogP contribution in [0.1, 0.15) is 32.1 Å². The first-order chi connectivity index (χ1) is 10.5. The number of carbonyl (C=O) groups excluding carboxylic acids is 3. The van der Waals surface area contributed by atoms with E-state index in [1.54, 1.807) is 0 Å². The lowest BCUT2D eigenvalue weighted by Gasteiger charge is -2.17. The van der Waals surface area contributed by atoms with Gasteiger partial charge in [-0.25, -0.2) is 0 Å². The number of esters is 1. The Labute approximate surface area is 126 Å². The number of rotatable bonds is 6. The van der Waals surface area contributed by atoms with E-state index in [9.17, 15) is 19.2 Å². The number of hydrogen-bond donors (Lipinski definition) is 1. The fourth-order valence-electron chi connectivity index (χ4n) is 3.64. The van der Waals surface area contributed by atoms with Crippen molar-refractivity contribution in [3.63, 3.8) is 0 Å². The molecule has 1 saturated carbocycles. The Hall–Kier alpha value is -2.18. The molecule has 118 valence electrons. The first-order valence-electron chi connectivity index (χ1n) is 7.46. The molecule has 2 atom stereocenters. The fourth-order valence-corrected chi connectivity index (χ4v) is 3.64. The molecule has 2 unspecified atom stereocenters. The minimum absolute atomic E-state index is 0.0307. The summed E-state index contributed by atoms with van der Waals surface area (Å²) in [4.78, 5) is 47.4. The summed E-state index contributed by atoms with van der Waals surface area (Å²) >= 11 is 0. The predicted octanol–water partition coefficient (Wildman–Crippen LogP) is 0.490. The summed E-state index contributed by atoms with van der Waals surface area (Å²) in [6, 6.07) is 0. The molecule has 3 rings (SSSR count). The molecule has 7 heteroatoms. The molecule has 3 aliphatic rings. The van der Waals surface area contributed by atoms with Crippen LogP contribution >= 0.6 is 0 Å². The Morgan fingerprint density at radius 3 is 2.23 bits per heavy atom. The lowest BCUT2D eigenvalue weighted by atomic mass is 9.93. The molecule has 2 bridgehead atoms. The highest BCUT2D eigenvalue weighted by Crippen LogP contribution is 2.52. The molecule has 0 saturated heterocycles. The zero-order valence-electron chi connectivity index (χ0n) is 12.0. The van der Waals surface area contributed by atoms with Crippen LogP contribution < -0.4 is 0 Å². The van der Waals surface area contributed by atoms with Crippen molar-refractivity contribution in [3.8, 4) is 0 Å². The second-order valence-corrected chi connectivity index (χ2v) is 5.91. The van der Waals surface area contributed by atoms with E-state index in [1.807, 2.05) is 0 Å². The van der Waals surface area contributed by atoms with Gasteiger partial charge in [0.05, 0.1) is 19.4 Å². The van der Waals surface area contributed by atoms with Crippen LogP contribution in [0.25, 0.3) is 0 Å². The Bertz CT molecular complexity index is 561. The van der Waals surface area contributed by atoms with Crippen molar-refractivity contribution in [2.75, 3.05) is 13.2 Å². The van der Waals surface area contributed by atoms with Gasteiger partial charge in [-0.3, -0.25) is 24.1 Å². The van der Waals surface area contributed by atoms with Crippen LogP contribution in [0.3, 0.4) is 0 Å². The highest BCUT2D eigenvalue weighted by atomic mass is 16.5. The normalized spacial score (nSPS) is 25.9. The number of carbonyl (C=O) groups is 4.